The minimum absolute atomic E-state index is 0.216. The van der Waals surface area contributed by atoms with E-state index in [2.05, 4.69) is 11.9 Å². The zero-order valence-electron chi connectivity index (χ0n) is 12.6. The average Bonchev–Trinajstić information content (AvgIpc) is 2.85. The molecule has 0 saturated carbocycles. The fourth-order valence-electron chi connectivity index (χ4n) is 3.46. The minimum Gasteiger partial charge on any atom is -0.391 e. The molecule has 110 valence electrons. The molecule has 4 heteroatoms. The lowest BCUT2D eigenvalue weighted by Gasteiger charge is -2.34. The van der Waals surface area contributed by atoms with E-state index in [4.69, 9.17) is 0 Å². The van der Waals surface area contributed by atoms with E-state index in [1.54, 1.807) is 0 Å². The molecule has 2 fully saturated rings. The van der Waals surface area contributed by atoms with Gasteiger partial charge in [-0.2, -0.15) is 0 Å². The normalized spacial score (nSPS) is 31.1. The lowest BCUT2D eigenvalue weighted by Crippen LogP contribution is -2.48. The topological polar surface area (TPSA) is 43.8 Å². The molecule has 2 aliphatic rings. The molecule has 1 N–H and O–H groups in total. The predicted octanol–water partition coefficient (Wildman–Crippen LogP) is 1.48. The van der Waals surface area contributed by atoms with Crippen LogP contribution in [0.15, 0.2) is 0 Å². The Hall–Kier alpha value is -0.610. The van der Waals surface area contributed by atoms with Crippen molar-refractivity contribution in [2.75, 3.05) is 26.7 Å². The summed E-state index contributed by atoms with van der Waals surface area (Å²) in [7, 11) is 2.17. The van der Waals surface area contributed by atoms with Gasteiger partial charge in [0.25, 0.3) is 0 Å². The number of carbonyl (C=O) groups excluding carboxylic acids is 1. The number of rotatable bonds is 4. The average molecular weight is 268 g/mol. The summed E-state index contributed by atoms with van der Waals surface area (Å²) in [6.07, 6.45) is 4.40. The molecule has 2 saturated heterocycles. The van der Waals surface area contributed by atoms with Crippen LogP contribution in [0.4, 0.5) is 0 Å². The Labute approximate surface area is 116 Å². The van der Waals surface area contributed by atoms with Crippen molar-refractivity contribution in [3.63, 3.8) is 0 Å². The fourth-order valence-corrected chi connectivity index (χ4v) is 3.46. The Balaban J connectivity index is 1.73. The van der Waals surface area contributed by atoms with E-state index in [0.29, 0.717) is 19.4 Å². The zero-order chi connectivity index (χ0) is 14.0. The largest absolute Gasteiger partial charge is 0.391 e. The van der Waals surface area contributed by atoms with Gasteiger partial charge in [-0.25, -0.2) is 0 Å². The van der Waals surface area contributed by atoms with Gasteiger partial charge in [0, 0.05) is 19.5 Å². The van der Waals surface area contributed by atoms with E-state index in [-0.39, 0.29) is 17.6 Å². The van der Waals surface area contributed by atoms with Gasteiger partial charge in [0.1, 0.15) is 0 Å². The summed E-state index contributed by atoms with van der Waals surface area (Å²) < 4.78 is 0. The number of aliphatic hydroxyl groups is 1. The molecule has 2 atom stereocenters. The van der Waals surface area contributed by atoms with Gasteiger partial charge in [-0.3, -0.25) is 4.79 Å². The molecular weight excluding hydrogens is 240 g/mol. The summed E-state index contributed by atoms with van der Waals surface area (Å²) in [5.41, 5.74) is -0.384. The molecule has 2 rings (SSSR count). The molecule has 2 heterocycles. The lowest BCUT2D eigenvalue weighted by atomic mass is 9.97. The standard InChI is InChI=1S/C15H28N2O2/c1-15(2)13(18)8-10-17(15)14(19)6-4-5-12-7-9-16(3)11-12/h12-13,18H,4-11H2,1-3H3. The number of aliphatic hydroxyl groups excluding tert-OH is 1. The van der Waals surface area contributed by atoms with Crippen LogP contribution in [0.1, 0.15) is 46.0 Å². The quantitative estimate of drug-likeness (QED) is 0.840. The molecule has 2 aliphatic heterocycles. The second-order valence-corrected chi connectivity index (χ2v) is 6.81. The Morgan fingerprint density at radius 1 is 1.32 bits per heavy atom. The van der Waals surface area contributed by atoms with Crippen LogP contribution in [0.5, 0.6) is 0 Å². The maximum Gasteiger partial charge on any atom is 0.223 e. The molecule has 1 amide bonds. The number of nitrogens with zero attached hydrogens (tertiary/aromatic N) is 2. The van der Waals surface area contributed by atoms with Crippen molar-refractivity contribution < 1.29 is 9.90 Å². The van der Waals surface area contributed by atoms with Crippen LogP contribution >= 0.6 is 0 Å². The summed E-state index contributed by atoms with van der Waals surface area (Å²) in [4.78, 5) is 16.5. The molecule has 0 spiro atoms. The van der Waals surface area contributed by atoms with Crippen LogP contribution in [-0.2, 0) is 4.79 Å². The number of amides is 1. The number of hydrogen-bond acceptors (Lipinski definition) is 3. The molecule has 0 aromatic carbocycles. The van der Waals surface area contributed by atoms with Gasteiger partial charge in [0.05, 0.1) is 11.6 Å². The monoisotopic (exact) mass is 268 g/mol. The van der Waals surface area contributed by atoms with Crippen LogP contribution < -0.4 is 0 Å². The first-order valence-electron chi connectivity index (χ1n) is 7.58. The van der Waals surface area contributed by atoms with Gasteiger partial charge in [-0.05, 0) is 59.0 Å². The first-order valence-corrected chi connectivity index (χ1v) is 7.58. The van der Waals surface area contributed by atoms with E-state index >= 15 is 0 Å². The van der Waals surface area contributed by atoms with E-state index < -0.39 is 0 Å². The highest BCUT2D eigenvalue weighted by atomic mass is 16.3. The Morgan fingerprint density at radius 3 is 2.58 bits per heavy atom. The molecule has 19 heavy (non-hydrogen) atoms. The number of carbonyl (C=O) groups is 1. The van der Waals surface area contributed by atoms with Crippen molar-refractivity contribution in [3.05, 3.63) is 0 Å². The summed E-state index contributed by atoms with van der Waals surface area (Å²) in [5, 5.41) is 9.90. The second-order valence-electron chi connectivity index (χ2n) is 6.81. The minimum atomic E-state index is -0.384. The van der Waals surface area contributed by atoms with E-state index in [1.807, 2.05) is 18.7 Å². The maximum atomic E-state index is 12.2. The summed E-state index contributed by atoms with van der Waals surface area (Å²) in [5.74, 6) is 0.989. The Bertz CT molecular complexity index is 330. The van der Waals surface area contributed by atoms with Crippen LogP contribution in [0, 0.1) is 5.92 Å². The van der Waals surface area contributed by atoms with Crippen molar-refractivity contribution in [1.29, 1.82) is 0 Å². The van der Waals surface area contributed by atoms with Crippen LogP contribution in [0.3, 0.4) is 0 Å². The molecule has 0 aromatic rings. The van der Waals surface area contributed by atoms with Gasteiger partial charge in [0.2, 0.25) is 5.91 Å². The van der Waals surface area contributed by atoms with Crippen LogP contribution in [-0.4, -0.2) is 59.1 Å². The highest BCUT2D eigenvalue weighted by Gasteiger charge is 2.42. The summed E-state index contributed by atoms with van der Waals surface area (Å²) in [6.45, 7) is 7.02. The van der Waals surface area contributed by atoms with Gasteiger partial charge < -0.3 is 14.9 Å². The van der Waals surface area contributed by atoms with E-state index in [1.165, 1.54) is 19.5 Å². The second kappa shape index (κ2) is 5.80. The van der Waals surface area contributed by atoms with Gasteiger partial charge in [-0.15, -0.1) is 0 Å². The number of hydrogen-bond donors (Lipinski definition) is 1. The molecule has 4 nitrogen and oxygen atoms in total. The highest BCUT2D eigenvalue weighted by Crippen LogP contribution is 2.30. The van der Waals surface area contributed by atoms with Gasteiger partial charge in [-0.1, -0.05) is 0 Å². The van der Waals surface area contributed by atoms with Crippen LogP contribution in [0.25, 0.3) is 0 Å². The van der Waals surface area contributed by atoms with Crippen molar-refractivity contribution in [3.8, 4) is 0 Å². The maximum absolute atomic E-state index is 12.2. The summed E-state index contributed by atoms with van der Waals surface area (Å²) >= 11 is 0. The molecule has 0 bridgehead atoms. The third-order valence-electron chi connectivity index (χ3n) is 4.93. The van der Waals surface area contributed by atoms with Crippen LogP contribution in [0.2, 0.25) is 0 Å². The molecule has 0 radical (unpaired) electrons. The molecular formula is C15H28N2O2. The van der Waals surface area contributed by atoms with Crippen molar-refractivity contribution >= 4 is 5.91 Å². The fraction of sp³-hybridized carbons (Fsp3) is 0.933. The lowest BCUT2D eigenvalue weighted by molar-refractivity contribution is -0.136. The van der Waals surface area contributed by atoms with Gasteiger partial charge in [0.15, 0.2) is 0 Å². The Morgan fingerprint density at radius 2 is 2.05 bits per heavy atom. The van der Waals surface area contributed by atoms with E-state index in [9.17, 15) is 9.90 Å². The predicted molar refractivity (Wildman–Crippen MR) is 75.9 cm³/mol. The zero-order valence-corrected chi connectivity index (χ0v) is 12.6. The van der Waals surface area contributed by atoms with E-state index in [0.717, 1.165) is 18.8 Å². The van der Waals surface area contributed by atoms with Crippen molar-refractivity contribution in [1.82, 2.24) is 9.80 Å². The van der Waals surface area contributed by atoms with Crippen molar-refractivity contribution in [2.24, 2.45) is 5.92 Å². The van der Waals surface area contributed by atoms with Gasteiger partial charge >= 0.3 is 0 Å². The molecule has 0 aliphatic carbocycles. The Kier molecular flexibility index (Phi) is 4.51. The first kappa shape index (κ1) is 14.8. The molecule has 0 aromatic heterocycles. The number of likely N-dealkylation sites (tertiary alicyclic amines) is 2. The third-order valence-corrected chi connectivity index (χ3v) is 4.93. The highest BCUT2D eigenvalue weighted by molar-refractivity contribution is 5.77. The SMILES string of the molecule is CN1CCC(CCCC(=O)N2CCC(O)C2(C)C)C1. The summed E-state index contributed by atoms with van der Waals surface area (Å²) in [6, 6.07) is 0. The first-order chi connectivity index (χ1) is 8.91. The third kappa shape index (κ3) is 3.29. The smallest absolute Gasteiger partial charge is 0.223 e. The van der Waals surface area contributed by atoms with Crippen molar-refractivity contribution in [2.45, 2.75) is 57.6 Å². The molecule has 2 unspecified atom stereocenters.